The van der Waals surface area contributed by atoms with Crippen LogP contribution in [0.15, 0.2) is 27.8 Å². The van der Waals surface area contributed by atoms with Gasteiger partial charge in [0.15, 0.2) is 11.2 Å². The first-order valence-electron chi connectivity index (χ1n) is 10.8. The van der Waals surface area contributed by atoms with Crippen LogP contribution in [0, 0.1) is 13.8 Å². The Morgan fingerprint density at radius 2 is 1.84 bits per heavy atom. The molecular formula is C22H30N6O4. The van der Waals surface area contributed by atoms with Gasteiger partial charge in [0.2, 0.25) is 5.95 Å². The molecule has 3 aromatic rings. The highest BCUT2D eigenvalue weighted by atomic mass is 16.5. The van der Waals surface area contributed by atoms with Crippen LogP contribution >= 0.6 is 0 Å². The molecule has 1 atom stereocenters. The van der Waals surface area contributed by atoms with E-state index in [-0.39, 0.29) is 18.7 Å². The van der Waals surface area contributed by atoms with E-state index in [4.69, 9.17) is 4.74 Å². The summed E-state index contributed by atoms with van der Waals surface area (Å²) in [6.45, 7) is 7.41. The zero-order valence-electron chi connectivity index (χ0n) is 19.0. The molecule has 1 aliphatic rings. The summed E-state index contributed by atoms with van der Waals surface area (Å²) in [4.78, 5) is 36.1. The van der Waals surface area contributed by atoms with Crippen LogP contribution < -0.4 is 20.9 Å². The van der Waals surface area contributed by atoms with Crippen LogP contribution in [0.2, 0.25) is 0 Å². The molecule has 0 spiro atoms. The number of hydrogen-bond acceptors (Lipinski definition) is 7. The molecule has 1 saturated heterocycles. The number of anilines is 1. The molecule has 0 radical (unpaired) electrons. The molecular weight excluding hydrogens is 412 g/mol. The summed E-state index contributed by atoms with van der Waals surface area (Å²) in [7, 11) is 3.63. The van der Waals surface area contributed by atoms with Crippen LogP contribution in [0.25, 0.3) is 11.2 Å². The van der Waals surface area contributed by atoms with Crippen molar-refractivity contribution in [1.29, 1.82) is 0 Å². The molecule has 0 aliphatic carbocycles. The highest BCUT2D eigenvalue weighted by Crippen LogP contribution is 2.22. The van der Waals surface area contributed by atoms with E-state index in [1.807, 2.05) is 32.0 Å². The third kappa shape index (κ3) is 4.28. The fourth-order valence-corrected chi connectivity index (χ4v) is 3.90. The summed E-state index contributed by atoms with van der Waals surface area (Å²) in [5, 5.41) is 10.8. The summed E-state index contributed by atoms with van der Waals surface area (Å²) < 4.78 is 8.82. The number of fused-ring (bicyclic) bond motifs is 1. The molecule has 2 N–H and O–H groups in total. The van der Waals surface area contributed by atoms with Crippen molar-refractivity contribution in [3.8, 4) is 5.75 Å². The molecule has 172 valence electrons. The minimum Gasteiger partial charge on any atom is -0.491 e. The van der Waals surface area contributed by atoms with Crippen molar-refractivity contribution in [2.75, 3.05) is 44.7 Å². The monoisotopic (exact) mass is 442 g/mol. The molecule has 2 aromatic heterocycles. The number of nitrogens with one attached hydrogen (secondary N) is 1. The van der Waals surface area contributed by atoms with Crippen molar-refractivity contribution < 1.29 is 9.84 Å². The molecule has 0 saturated carbocycles. The number of aliphatic hydroxyl groups is 1. The Kier molecular flexibility index (Phi) is 6.07. The van der Waals surface area contributed by atoms with Crippen molar-refractivity contribution in [3.05, 3.63) is 50.2 Å². The van der Waals surface area contributed by atoms with E-state index in [1.54, 1.807) is 11.6 Å². The van der Waals surface area contributed by atoms with E-state index in [9.17, 15) is 14.7 Å². The van der Waals surface area contributed by atoms with Crippen LogP contribution in [0.3, 0.4) is 0 Å². The number of rotatable bonds is 6. The largest absolute Gasteiger partial charge is 0.491 e. The highest BCUT2D eigenvalue weighted by molar-refractivity contribution is 5.74. The van der Waals surface area contributed by atoms with Gasteiger partial charge < -0.3 is 24.2 Å². The predicted octanol–water partition coefficient (Wildman–Crippen LogP) is 0.232. The second kappa shape index (κ2) is 8.79. The Bertz CT molecular complexity index is 1240. The van der Waals surface area contributed by atoms with Crippen LogP contribution in [-0.4, -0.2) is 75.0 Å². The van der Waals surface area contributed by atoms with E-state index in [1.165, 1.54) is 10.1 Å². The summed E-state index contributed by atoms with van der Waals surface area (Å²) >= 11 is 0. The number of aliphatic hydroxyl groups excluding tert-OH is 1. The highest BCUT2D eigenvalue weighted by Gasteiger charge is 2.25. The van der Waals surface area contributed by atoms with Gasteiger partial charge in [0.05, 0.1) is 6.54 Å². The minimum absolute atomic E-state index is 0.0635. The molecule has 3 heterocycles. The molecule has 1 aromatic carbocycles. The molecule has 0 bridgehead atoms. The van der Waals surface area contributed by atoms with Gasteiger partial charge in [0.1, 0.15) is 18.5 Å². The topological polar surface area (TPSA) is 109 Å². The Morgan fingerprint density at radius 1 is 1.12 bits per heavy atom. The Balaban J connectivity index is 1.64. The van der Waals surface area contributed by atoms with Gasteiger partial charge in [-0.1, -0.05) is 6.07 Å². The van der Waals surface area contributed by atoms with E-state index >= 15 is 0 Å². The fraction of sp³-hybridized carbons (Fsp3) is 0.500. The zero-order chi connectivity index (χ0) is 23.0. The number of hydrogen-bond donors (Lipinski definition) is 2. The Labute approximate surface area is 185 Å². The van der Waals surface area contributed by atoms with Crippen molar-refractivity contribution in [2.24, 2.45) is 7.05 Å². The van der Waals surface area contributed by atoms with Gasteiger partial charge in [0.25, 0.3) is 5.56 Å². The van der Waals surface area contributed by atoms with Crippen LogP contribution in [-0.2, 0) is 13.6 Å². The van der Waals surface area contributed by atoms with Crippen LogP contribution in [0.4, 0.5) is 5.95 Å². The number of ether oxygens (including phenoxy) is 1. The quantitative estimate of drug-likeness (QED) is 0.563. The Morgan fingerprint density at radius 3 is 2.53 bits per heavy atom. The number of piperazine rings is 1. The van der Waals surface area contributed by atoms with Crippen molar-refractivity contribution in [1.82, 2.24) is 24.0 Å². The fourth-order valence-electron chi connectivity index (χ4n) is 3.90. The lowest BCUT2D eigenvalue weighted by molar-refractivity contribution is 0.0935. The van der Waals surface area contributed by atoms with Gasteiger partial charge in [-0.2, -0.15) is 4.98 Å². The first-order valence-corrected chi connectivity index (χ1v) is 10.8. The lowest BCUT2D eigenvalue weighted by Gasteiger charge is -2.33. The SMILES string of the molecule is Cc1ccc(OCC(O)Cn2c(N3CCN(C)CC3)nc3c2c(=O)[nH]c(=O)n3C)cc1C. The molecule has 10 heteroatoms. The average molecular weight is 443 g/mol. The number of imidazole rings is 1. The maximum atomic E-state index is 12.7. The molecule has 32 heavy (non-hydrogen) atoms. The number of aryl methyl sites for hydroxylation is 3. The zero-order valence-corrected chi connectivity index (χ0v) is 19.0. The summed E-state index contributed by atoms with van der Waals surface area (Å²) in [5.41, 5.74) is 1.82. The summed E-state index contributed by atoms with van der Waals surface area (Å²) in [6.07, 6.45) is -0.878. The van der Waals surface area contributed by atoms with Gasteiger partial charge in [0, 0.05) is 33.2 Å². The van der Waals surface area contributed by atoms with Gasteiger partial charge in [-0.25, -0.2) is 4.79 Å². The number of H-pyrrole nitrogens is 1. The number of aromatic nitrogens is 4. The maximum absolute atomic E-state index is 12.7. The molecule has 0 amide bonds. The van der Waals surface area contributed by atoms with E-state index in [2.05, 4.69) is 26.8 Å². The molecule has 1 fully saturated rings. The minimum atomic E-state index is -0.878. The third-order valence-corrected chi connectivity index (χ3v) is 6.09. The van der Waals surface area contributed by atoms with Crippen molar-refractivity contribution >= 4 is 17.1 Å². The number of likely N-dealkylation sites (N-methyl/N-ethyl adjacent to an activating group) is 1. The number of benzene rings is 1. The molecule has 4 rings (SSSR count). The van der Waals surface area contributed by atoms with E-state index in [0.717, 1.165) is 31.7 Å². The lowest BCUT2D eigenvalue weighted by Crippen LogP contribution is -2.45. The molecule has 1 unspecified atom stereocenters. The van der Waals surface area contributed by atoms with Gasteiger partial charge in [-0.05, 0) is 44.2 Å². The predicted molar refractivity (Wildman–Crippen MR) is 123 cm³/mol. The van der Waals surface area contributed by atoms with E-state index in [0.29, 0.717) is 17.3 Å². The first-order chi connectivity index (χ1) is 15.2. The normalized spacial score (nSPS) is 16.0. The number of nitrogens with zero attached hydrogens (tertiary/aromatic N) is 5. The van der Waals surface area contributed by atoms with Crippen LogP contribution in [0.1, 0.15) is 11.1 Å². The standard InChI is InChI=1S/C22H30N6O4/c1-14-5-6-17(11-15(14)2)32-13-16(29)12-28-18-19(26(4)22(31)24-20(18)30)23-21(28)27-9-7-25(3)8-10-27/h5-6,11,16,29H,7-10,12-13H2,1-4H3,(H,24,30,31). The summed E-state index contributed by atoms with van der Waals surface area (Å²) in [5.74, 6) is 1.26. The van der Waals surface area contributed by atoms with Crippen molar-refractivity contribution in [2.45, 2.75) is 26.5 Å². The van der Waals surface area contributed by atoms with Crippen LogP contribution in [0.5, 0.6) is 5.75 Å². The lowest BCUT2D eigenvalue weighted by atomic mass is 10.1. The molecule has 10 nitrogen and oxygen atoms in total. The number of aromatic amines is 1. The van der Waals surface area contributed by atoms with Gasteiger partial charge in [-0.15, -0.1) is 0 Å². The first kappa shape index (κ1) is 22.1. The van der Waals surface area contributed by atoms with E-state index < -0.39 is 17.4 Å². The average Bonchev–Trinajstić information content (AvgIpc) is 3.13. The second-order valence-electron chi connectivity index (χ2n) is 8.51. The summed E-state index contributed by atoms with van der Waals surface area (Å²) in [6, 6.07) is 5.79. The van der Waals surface area contributed by atoms with Gasteiger partial charge in [-0.3, -0.25) is 14.3 Å². The second-order valence-corrected chi connectivity index (χ2v) is 8.51. The maximum Gasteiger partial charge on any atom is 0.329 e. The van der Waals surface area contributed by atoms with Crippen molar-refractivity contribution in [3.63, 3.8) is 0 Å². The Hall–Kier alpha value is -3.11. The smallest absolute Gasteiger partial charge is 0.329 e. The molecule has 1 aliphatic heterocycles. The third-order valence-electron chi connectivity index (χ3n) is 6.09. The van der Waals surface area contributed by atoms with Gasteiger partial charge >= 0.3 is 5.69 Å².